The van der Waals surface area contributed by atoms with Crippen molar-refractivity contribution < 1.29 is 4.74 Å². The first-order chi connectivity index (χ1) is 11.1. The van der Waals surface area contributed by atoms with Gasteiger partial charge in [0.05, 0.1) is 18.9 Å². The van der Waals surface area contributed by atoms with E-state index >= 15 is 0 Å². The van der Waals surface area contributed by atoms with Crippen molar-refractivity contribution in [3.8, 4) is 5.75 Å². The first kappa shape index (κ1) is 15.5. The van der Waals surface area contributed by atoms with Crippen LogP contribution in [0.4, 0.5) is 0 Å². The molecule has 0 saturated heterocycles. The summed E-state index contributed by atoms with van der Waals surface area (Å²) in [5.41, 5.74) is 10.3. The molecule has 5 heteroatoms. The molecule has 2 N–H and O–H groups in total. The van der Waals surface area contributed by atoms with Gasteiger partial charge in [0, 0.05) is 6.42 Å². The Hall–Kier alpha value is -2.40. The molecule has 2 aromatic carbocycles. The second kappa shape index (κ2) is 6.38. The van der Waals surface area contributed by atoms with Gasteiger partial charge < -0.3 is 10.5 Å². The van der Waals surface area contributed by atoms with Crippen LogP contribution in [0.3, 0.4) is 0 Å². The summed E-state index contributed by atoms with van der Waals surface area (Å²) in [4.78, 5) is 0. The zero-order valence-corrected chi connectivity index (χ0v) is 14.0. The van der Waals surface area contributed by atoms with Gasteiger partial charge in [-0.1, -0.05) is 24.3 Å². The van der Waals surface area contributed by atoms with Crippen LogP contribution in [0.25, 0.3) is 0 Å². The molecule has 118 valence electrons. The molecule has 0 aliphatic carbocycles. The third-order valence-corrected chi connectivity index (χ3v) is 4.29. The molecule has 0 aromatic heterocycles. The summed E-state index contributed by atoms with van der Waals surface area (Å²) in [5.74, 6) is 0.828. The Morgan fingerprint density at radius 3 is 2.52 bits per heavy atom. The normalized spacial score (nSPS) is 17.0. The number of nitrogens with two attached hydrogens (primary N) is 1. The van der Waals surface area contributed by atoms with Crippen molar-refractivity contribution in [1.82, 2.24) is 5.01 Å². The minimum atomic E-state index is 0.0470. The summed E-state index contributed by atoms with van der Waals surface area (Å²) < 4.78 is 5.21. The van der Waals surface area contributed by atoms with Crippen LogP contribution in [-0.2, 0) is 0 Å². The van der Waals surface area contributed by atoms with Crippen LogP contribution in [0.2, 0.25) is 0 Å². The van der Waals surface area contributed by atoms with E-state index in [1.54, 1.807) is 12.1 Å². The van der Waals surface area contributed by atoms with Gasteiger partial charge in [0.15, 0.2) is 5.11 Å². The fraction of sp³-hybridized carbons (Fsp3) is 0.222. The summed E-state index contributed by atoms with van der Waals surface area (Å²) >= 11 is 5.19. The van der Waals surface area contributed by atoms with Crippen molar-refractivity contribution in [2.45, 2.75) is 19.4 Å². The van der Waals surface area contributed by atoms with E-state index in [1.807, 2.05) is 36.4 Å². The lowest BCUT2D eigenvalue weighted by Gasteiger charge is -2.23. The number of ether oxygens (including phenoxy) is 1. The van der Waals surface area contributed by atoms with Crippen molar-refractivity contribution in [3.05, 3.63) is 65.2 Å². The van der Waals surface area contributed by atoms with Gasteiger partial charge in [0.25, 0.3) is 0 Å². The average molecular weight is 325 g/mol. The first-order valence-electron chi connectivity index (χ1n) is 7.46. The number of benzene rings is 2. The largest absolute Gasteiger partial charge is 0.497 e. The molecule has 1 aliphatic heterocycles. The van der Waals surface area contributed by atoms with E-state index in [0.717, 1.165) is 23.4 Å². The Bertz CT molecular complexity index is 755. The van der Waals surface area contributed by atoms with Gasteiger partial charge in [0.1, 0.15) is 5.75 Å². The maximum atomic E-state index is 5.89. The minimum absolute atomic E-state index is 0.0470. The molecule has 0 spiro atoms. The van der Waals surface area contributed by atoms with Gasteiger partial charge in [-0.15, -0.1) is 0 Å². The molecule has 4 nitrogen and oxygen atoms in total. The van der Waals surface area contributed by atoms with E-state index < -0.39 is 0 Å². The van der Waals surface area contributed by atoms with Crippen molar-refractivity contribution in [2.24, 2.45) is 10.8 Å². The summed E-state index contributed by atoms with van der Waals surface area (Å²) in [6, 6.07) is 16.2. The highest BCUT2D eigenvalue weighted by molar-refractivity contribution is 7.80. The maximum absolute atomic E-state index is 5.89. The summed E-state index contributed by atoms with van der Waals surface area (Å²) in [6.07, 6.45) is 0.772. The van der Waals surface area contributed by atoms with Crippen molar-refractivity contribution in [2.75, 3.05) is 7.11 Å². The van der Waals surface area contributed by atoms with Crippen LogP contribution in [-0.4, -0.2) is 22.9 Å². The first-order valence-corrected chi connectivity index (χ1v) is 7.87. The molecule has 1 atom stereocenters. The Labute approximate surface area is 141 Å². The predicted molar refractivity (Wildman–Crippen MR) is 96.7 cm³/mol. The van der Waals surface area contributed by atoms with E-state index in [4.69, 9.17) is 22.7 Å². The van der Waals surface area contributed by atoms with Crippen LogP contribution in [0.1, 0.15) is 29.2 Å². The predicted octanol–water partition coefficient (Wildman–Crippen LogP) is 3.40. The van der Waals surface area contributed by atoms with Crippen molar-refractivity contribution in [3.63, 3.8) is 0 Å². The second-order valence-electron chi connectivity index (χ2n) is 5.53. The summed E-state index contributed by atoms with van der Waals surface area (Å²) in [6.45, 7) is 2.10. The SMILES string of the molecule is COc1ccc(C2=NN(C(N)=S)[C@H](c3ccccc3C)C2)cc1. The van der Waals surface area contributed by atoms with E-state index in [0.29, 0.717) is 5.11 Å². The summed E-state index contributed by atoms with van der Waals surface area (Å²) in [7, 11) is 1.66. The molecule has 23 heavy (non-hydrogen) atoms. The van der Waals surface area contributed by atoms with Crippen LogP contribution in [0.5, 0.6) is 5.75 Å². The zero-order chi connectivity index (χ0) is 16.4. The highest BCUT2D eigenvalue weighted by Crippen LogP contribution is 2.34. The number of hydrazone groups is 1. The minimum Gasteiger partial charge on any atom is -0.497 e. The van der Waals surface area contributed by atoms with Gasteiger partial charge >= 0.3 is 0 Å². The molecule has 0 bridgehead atoms. The highest BCUT2D eigenvalue weighted by Gasteiger charge is 2.31. The number of methoxy groups -OCH3 is 1. The van der Waals surface area contributed by atoms with Gasteiger partial charge in [-0.25, -0.2) is 5.01 Å². The molecule has 0 radical (unpaired) electrons. The fourth-order valence-electron chi connectivity index (χ4n) is 2.87. The standard InChI is InChI=1S/C18H19N3OS/c1-12-5-3-4-6-15(12)17-11-16(20-21(17)18(19)23)13-7-9-14(22-2)10-8-13/h3-10,17H,11H2,1-2H3,(H2,19,23)/t17-/m0/s1. The monoisotopic (exact) mass is 325 g/mol. The lowest BCUT2D eigenvalue weighted by molar-refractivity contribution is 0.371. The van der Waals surface area contributed by atoms with E-state index in [9.17, 15) is 0 Å². The molecule has 0 amide bonds. The van der Waals surface area contributed by atoms with Crippen LogP contribution < -0.4 is 10.5 Å². The fourth-order valence-corrected chi connectivity index (χ4v) is 3.04. The van der Waals surface area contributed by atoms with Crippen LogP contribution >= 0.6 is 12.2 Å². The second-order valence-corrected chi connectivity index (χ2v) is 5.95. The third kappa shape index (κ3) is 3.05. The smallest absolute Gasteiger partial charge is 0.187 e. The topological polar surface area (TPSA) is 50.8 Å². The van der Waals surface area contributed by atoms with Crippen LogP contribution in [0.15, 0.2) is 53.6 Å². The highest BCUT2D eigenvalue weighted by atomic mass is 32.1. The van der Waals surface area contributed by atoms with Gasteiger partial charge in [-0.2, -0.15) is 5.10 Å². The number of aryl methyl sites for hydroxylation is 1. The summed E-state index contributed by atoms with van der Waals surface area (Å²) in [5, 5.41) is 6.70. The molecule has 0 unspecified atom stereocenters. The molecular weight excluding hydrogens is 306 g/mol. The third-order valence-electron chi connectivity index (χ3n) is 4.11. The molecule has 2 aromatic rings. The maximum Gasteiger partial charge on any atom is 0.187 e. The quantitative estimate of drug-likeness (QED) is 0.879. The van der Waals surface area contributed by atoms with E-state index in [1.165, 1.54) is 11.1 Å². The van der Waals surface area contributed by atoms with E-state index in [-0.39, 0.29) is 6.04 Å². The Morgan fingerprint density at radius 2 is 1.91 bits per heavy atom. The Morgan fingerprint density at radius 1 is 1.22 bits per heavy atom. The molecule has 1 aliphatic rings. The van der Waals surface area contributed by atoms with E-state index in [2.05, 4.69) is 24.2 Å². The van der Waals surface area contributed by atoms with Crippen LogP contribution in [0, 0.1) is 6.92 Å². The molecule has 0 fully saturated rings. The number of hydrogen-bond donors (Lipinski definition) is 1. The average Bonchev–Trinajstić information content (AvgIpc) is 3.01. The van der Waals surface area contributed by atoms with Gasteiger partial charge in [0.2, 0.25) is 0 Å². The number of nitrogens with zero attached hydrogens (tertiary/aromatic N) is 2. The molecule has 3 rings (SSSR count). The lowest BCUT2D eigenvalue weighted by atomic mass is 9.95. The zero-order valence-electron chi connectivity index (χ0n) is 13.2. The van der Waals surface area contributed by atoms with Gasteiger partial charge in [-0.05, 0) is 60.1 Å². The Kier molecular flexibility index (Phi) is 4.30. The van der Waals surface area contributed by atoms with Crippen molar-refractivity contribution in [1.29, 1.82) is 0 Å². The Balaban J connectivity index is 1.93. The van der Waals surface area contributed by atoms with Crippen molar-refractivity contribution >= 4 is 23.0 Å². The molecular formula is C18H19N3OS. The molecule has 1 heterocycles. The number of hydrogen-bond acceptors (Lipinski definition) is 3. The lowest BCUT2D eigenvalue weighted by Crippen LogP contribution is -2.31. The number of rotatable bonds is 3. The number of thiocarbonyl (C=S) groups is 1. The van der Waals surface area contributed by atoms with Gasteiger partial charge in [-0.3, -0.25) is 0 Å². The molecule has 0 saturated carbocycles.